The van der Waals surface area contributed by atoms with Crippen LogP contribution in [0.25, 0.3) is 6.08 Å². The molecule has 3 aromatic rings. The van der Waals surface area contributed by atoms with Gasteiger partial charge in [-0.25, -0.2) is 4.79 Å². The Kier molecular flexibility index (Phi) is 10.1. The minimum atomic E-state index is -1.57. The predicted octanol–water partition coefficient (Wildman–Crippen LogP) is 2.30. The third-order valence-corrected chi connectivity index (χ3v) is 6.31. The fraction of sp³-hybridized carbons (Fsp3) is 0.300. The summed E-state index contributed by atoms with van der Waals surface area (Å²) in [6.07, 6.45) is -4.02. The van der Waals surface area contributed by atoms with Crippen molar-refractivity contribution < 1.29 is 49.3 Å². The second kappa shape index (κ2) is 13.9. The molecule has 40 heavy (non-hydrogen) atoms. The van der Waals surface area contributed by atoms with E-state index < -0.39 is 43.3 Å². The zero-order chi connectivity index (χ0) is 28.5. The van der Waals surface area contributed by atoms with Crippen molar-refractivity contribution in [3.63, 3.8) is 0 Å². The van der Waals surface area contributed by atoms with E-state index in [9.17, 15) is 30.3 Å². The van der Waals surface area contributed by atoms with Gasteiger partial charge < -0.3 is 44.5 Å². The third kappa shape index (κ3) is 8.04. The predicted molar refractivity (Wildman–Crippen MR) is 143 cm³/mol. The van der Waals surface area contributed by atoms with Gasteiger partial charge in [0.2, 0.25) is 0 Å². The van der Waals surface area contributed by atoms with Crippen molar-refractivity contribution in [3.05, 3.63) is 95.6 Å². The Morgan fingerprint density at radius 3 is 2.33 bits per heavy atom. The monoisotopic (exact) mass is 552 g/mol. The Morgan fingerprint density at radius 1 is 0.850 bits per heavy atom. The van der Waals surface area contributed by atoms with Crippen molar-refractivity contribution in [1.82, 2.24) is 0 Å². The highest BCUT2D eigenvalue weighted by Gasteiger charge is 2.44. The maximum atomic E-state index is 12.1. The number of rotatable bonds is 11. The molecule has 5 unspecified atom stereocenters. The second-order valence-corrected chi connectivity index (χ2v) is 9.27. The molecule has 1 fully saturated rings. The Morgan fingerprint density at radius 2 is 1.60 bits per heavy atom. The highest BCUT2D eigenvalue weighted by Crippen LogP contribution is 2.26. The van der Waals surface area contributed by atoms with Crippen molar-refractivity contribution >= 4 is 12.0 Å². The van der Waals surface area contributed by atoms with Gasteiger partial charge in [-0.15, -0.1) is 0 Å². The van der Waals surface area contributed by atoms with Crippen LogP contribution in [0.1, 0.15) is 16.7 Å². The lowest BCUT2D eigenvalue weighted by atomic mass is 9.99. The normalized spacial score (nSPS) is 22.7. The smallest absolute Gasteiger partial charge is 0.330 e. The van der Waals surface area contributed by atoms with E-state index in [0.717, 1.165) is 23.0 Å². The molecule has 0 aromatic heterocycles. The van der Waals surface area contributed by atoms with Crippen molar-refractivity contribution in [3.8, 4) is 17.2 Å². The molecule has 0 saturated carbocycles. The van der Waals surface area contributed by atoms with Crippen LogP contribution >= 0.6 is 0 Å². The molecule has 1 heterocycles. The number of esters is 1. The van der Waals surface area contributed by atoms with Gasteiger partial charge in [0.05, 0.1) is 6.61 Å². The van der Waals surface area contributed by atoms with Gasteiger partial charge in [-0.2, -0.15) is 0 Å². The van der Waals surface area contributed by atoms with E-state index in [0.29, 0.717) is 18.6 Å². The summed E-state index contributed by atoms with van der Waals surface area (Å²) in [6.45, 7) is 0.215. The summed E-state index contributed by atoms with van der Waals surface area (Å²) in [5.41, 5.74) is 2.47. The van der Waals surface area contributed by atoms with Gasteiger partial charge in [0, 0.05) is 6.08 Å². The molecule has 0 bridgehead atoms. The highest BCUT2D eigenvalue weighted by atomic mass is 16.7. The lowest BCUT2D eigenvalue weighted by Crippen LogP contribution is -2.59. The fourth-order valence-corrected chi connectivity index (χ4v) is 4.00. The number of aliphatic hydroxyl groups excluding tert-OH is 3. The van der Waals surface area contributed by atoms with Crippen molar-refractivity contribution in [1.29, 1.82) is 0 Å². The molecule has 1 aliphatic heterocycles. The number of phenolic OH excluding ortho intramolecular Hbond substituents is 2. The van der Waals surface area contributed by atoms with Crippen LogP contribution in [-0.4, -0.2) is 75.4 Å². The van der Waals surface area contributed by atoms with Gasteiger partial charge in [0.25, 0.3) is 0 Å². The first kappa shape index (κ1) is 29.1. The zero-order valence-electron chi connectivity index (χ0n) is 21.6. The molecule has 1 saturated heterocycles. The summed E-state index contributed by atoms with van der Waals surface area (Å²) in [6, 6.07) is 21.4. The molecule has 0 aliphatic carbocycles. The van der Waals surface area contributed by atoms with Crippen molar-refractivity contribution in [2.24, 2.45) is 0 Å². The Labute approximate surface area is 231 Å². The standard InChI is InChI=1S/C30H32O10/c31-23-12-8-20(16-24(23)32)9-13-26(33)39-18-25-27(34)28(35)29(36)30(40-25)37-15-14-19-6-10-22(11-7-19)38-17-21-4-2-1-3-5-21/h1-13,16,25,27-32,34-36H,14-15,17-18H2/b13-9+. The van der Waals surface area contributed by atoms with Crippen LogP contribution in [0.3, 0.4) is 0 Å². The topological polar surface area (TPSA) is 155 Å². The molecule has 1 aliphatic rings. The summed E-state index contributed by atoms with van der Waals surface area (Å²) in [7, 11) is 0. The van der Waals surface area contributed by atoms with Crippen LogP contribution in [0, 0.1) is 0 Å². The molecule has 10 nitrogen and oxygen atoms in total. The average molecular weight is 553 g/mol. The van der Waals surface area contributed by atoms with E-state index in [2.05, 4.69) is 0 Å². The average Bonchev–Trinajstić information content (AvgIpc) is 2.97. The Balaban J connectivity index is 1.23. The van der Waals surface area contributed by atoms with E-state index in [1.165, 1.54) is 24.3 Å². The molecule has 4 rings (SSSR count). The number of hydrogen-bond acceptors (Lipinski definition) is 10. The van der Waals surface area contributed by atoms with Gasteiger partial charge in [0.15, 0.2) is 17.8 Å². The zero-order valence-corrected chi connectivity index (χ0v) is 21.6. The summed E-state index contributed by atoms with van der Waals surface area (Å²) < 4.78 is 22.1. The molecule has 212 valence electrons. The number of phenols is 2. The molecule has 0 radical (unpaired) electrons. The van der Waals surface area contributed by atoms with Crippen LogP contribution in [-0.2, 0) is 32.0 Å². The highest BCUT2D eigenvalue weighted by molar-refractivity contribution is 5.87. The lowest BCUT2D eigenvalue weighted by molar-refractivity contribution is -0.301. The summed E-state index contributed by atoms with van der Waals surface area (Å²) >= 11 is 0. The maximum Gasteiger partial charge on any atom is 0.330 e. The summed E-state index contributed by atoms with van der Waals surface area (Å²) in [5.74, 6) is -0.664. The largest absolute Gasteiger partial charge is 0.504 e. The van der Waals surface area contributed by atoms with Crippen LogP contribution in [0.4, 0.5) is 0 Å². The number of hydrogen-bond donors (Lipinski definition) is 5. The molecular formula is C30H32O10. The summed E-state index contributed by atoms with van der Waals surface area (Å²) in [5, 5.41) is 49.7. The van der Waals surface area contributed by atoms with Crippen LogP contribution < -0.4 is 4.74 Å². The van der Waals surface area contributed by atoms with Gasteiger partial charge in [-0.3, -0.25) is 0 Å². The summed E-state index contributed by atoms with van der Waals surface area (Å²) in [4.78, 5) is 12.1. The number of benzene rings is 3. The van der Waals surface area contributed by atoms with E-state index in [1.54, 1.807) is 0 Å². The SMILES string of the molecule is O=C(/C=C/c1ccc(O)c(O)c1)OCC1OC(OCCc2ccc(OCc3ccccc3)cc2)C(O)C(O)C1O. The molecule has 10 heteroatoms. The first-order chi connectivity index (χ1) is 19.3. The van der Waals surface area contributed by atoms with E-state index in [-0.39, 0.29) is 18.1 Å². The number of carbonyl (C=O) groups is 1. The fourth-order valence-electron chi connectivity index (χ4n) is 4.00. The molecule has 0 spiro atoms. The van der Waals surface area contributed by atoms with Crippen LogP contribution in [0.5, 0.6) is 17.2 Å². The molecule has 0 amide bonds. The molecule has 3 aromatic carbocycles. The molecular weight excluding hydrogens is 520 g/mol. The van der Waals surface area contributed by atoms with Gasteiger partial charge >= 0.3 is 5.97 Å². The van der Waals surface area contributed by atoms with Crippen molar-refractivity contribution in [2.45, 2.75) is 43.7 Å². The molecule has 5 atom stereocenters. The van der Waals surface area contributed by atoms with E-state index in [4.69, 9.17) is 18.9 Å². The number of aromatic hydroxyl groups is 2. The second-order valence-electron chi connectivity index (χ2n) is 9.27. The number of aliphatic hydroxyl groups is 3. The Bertz CT molecular complexity index is 1260. The maximum absolute atomic E-state index is 12.1. The van der Waals surface area contributed by atoms with Gasteiger partial charge in [-0.05, 0) is 53.5 Å². The third-order valence-electron chi connectivity index (χ3n) is 6.31. The lowest BCUT2D eigenvalue weighted by Gasteiger charge is -2.39. The minimum absolute atomic E-state index is 0.156. The quantitative estimate of drug-likeness (QED) is 0.136. The van der Waals surface area contributed by atoms with E-state index in [1.807, 2.05) is 54.6 Å². The number of ether oxygens (including phenoxy) is 4. The van der Waals surface area contributed by atoms with E-state index >= 15 is 0 Å². The first-order valence-electron chi connectivity index (χ1n) is 12.7. The minimum Gasteiger partial charge on any atom is -0.504 e. The van der Waals surface area contributed by atoms with Crippen LogP contribution in [0.15, 0.2) is 78.9 Å². The van der Waals surface area contributed by atoms with Crippen molar-refractivity contribution in [2.75, 3.05) is 13.2 Å². The van der Waals surface area contributed by atoms with Gasteiger partial charge in [-0.1, -0.05) is 48.5 Å². The van der Waals surface area contributed by atoms with Gasteiger partial charge in [0.1, 0.15) is 43.4 Å². The number of carbonyl (C=O) groups excluding carboxylic acids is 1. The Hall–Kier alpha value is -3.93. The molecule has 5 N–H and O–H groups in total. The first-order valence-corrected chi connectivity index (χ1v) is 12.7. The van der Waals surface area contributed by atoms with Crippen LogP contribution in [0.2, 0.25) is 0 Å².